The van der Waals surface area contributed by atoms with Gasteiger partial charge in [0.25, 0.3) is 5.56 Å². The van der Waals surface area contributed by atoms with Crippen molar-refractivity contribution in [2.45, 2.75) is 25.4 Å². The first-order chi connectivity index (χ1) is 8.75. The third-order valence-corrected chi connectivity index (χ3v) is 3.45. The fourth-order valence-corrected chi connectivity index (χ4v) is 2.50. The van der Waals surface area contributed by atoms with Crippen molar-refractivity contribution in [1.82, 2.24) is 14.9 Å². The highest BCUT2D eigenvalue weighted by Crippen LogP contribution is 2.07. The van der Waals surface area contributed by atoms with Crippen LogP contribution < -0.4 is 16.6 Å². The third-order valence-electron chi connectivity index (χ3n) is 3.45. The van der Waals surface area contributed by atoms with E-state index in [0.29, 0.717) is 17.4 Å². The molecule has 3 rings (SSSR count). The van der Waals surface area contributed by atoms with Gasteiger partial charge in [0.05, 0.1) is 10.9 Å². The molecule has 94 valence electrons. The minimum absolute atomic E-state index is 0.206. The van der Waals surface area contributed by atoms with E-state index in [1.807, 2.05) is 0 Å². The number of hydrogen-bond acceptors (Lipinski definition) is 3. The predicted octanol–water partition coefficient (Wildman–Crippen LogP) is 0.442. The highest BCUT2D eigenvalue weighted by Gasteiger charge is 2.17. The Morgan fingerprint density at radius 1 is 1.28 bits per heavy atom. The molecule has 0 saturated carbocycles. The maximum Gasteiger partial charge on any atom is 0.328 e. The van der Waals surface area contributed by atoms with Crippen LogP contribution in [0.1, 0.15) is 12.8 Å². The lowest BCUT2D eigenvalue weighted by molar-refractivity contribution is 0.487. The van der Waals surface area contributed by atoms with Gasteiger partial charge >= 0.3 is 5.69 Å². The topological polar surface area (TPSA) is 66.9 Å². The van der Waals surface area contributed by atoms with Crippen molar-refractivity contribution in [1.29, 1.82) is 0 Å². The first kappa shape index (κ1) is 11.2. The van der Waals surface area contributed by atoms with Crippen LogP contribution in [-0.4, -0.2) is 22.1 Å². The predicted molar refractivity (Wildman–Crippen MR) is 69.9 cm³/mol. The normalized spacial score (nSPS) is 19.4. The minimum atomic E-state index is -0.326. The lowest BCUT2D eigenvalue weighted by atomic mass is 10.2. The molecule has 0 aliphatic carbocycles. The van der Waals surface area contributed by atoms with Crippen LogP contribution >= 0.6 is 0 Å². The number of nitrogens with zero attached hydrogens (tertiary/aromatic N) is 1. The van der Waals surface area contributed by atoms with E-state index in [9.17, 15) is 9.59 Å². The number of H-pyrrole nitrogens is 1. The molecule has 1 aliphatic heterocycles. The van der Waals surface area contributed by atoms with Crippen molar-refractivity contribution >= 4 is 10.9 Å². The summed E-state index contributed by atoms with van der Waals surface area (Å²) >= 11 is 0. The summed E-state index contributed by atoms with van der Waals surface area (Å²) < 4.78 is 1.30. The van der Waals surface area contributed by atoms with E-state index >= 15 is 0 Å². The molecule has 1 fully saturated rings. The highest BCUT2D eigenvalue weighted by molar-refractivity contribution is 5.76. The summed E-state index contributed by atoms with van der Waals surface area (Å²) in [4.78, 5) is 26.9. The number of hydrogen-bond donors (Lipinski definition) is 2. The fourth-order valence-electron chi connectivity index (χ4n) is 2.50. The molecule has 1 aromatic heterocycles. The number of nitrogens with one attached hydrogen (secondary N) is 2. The Kier molecular flexibility index (Phi) is 2.76. The largest absolute Gasteiger partial charge is 0.328 e. The van der Waals surface area contributed by atoms with Gasteiger partial charge in [-0.2, -0.15) is 0 Å². The number of rotatable bonds is 2. The maximum atomic E-state index is 12.3. The van der Waals surface area contributed by atoms with Gasteiger partial charge in [-0.25, -0.2) is 4.79 Å². The van der Waals surface area contributed by atoms with Crippen LogP contribution in [0.15, 0.2) is 33.9 Å². The highest BCUT2D eigenvalue weighted by atomic mass is 16.2. The quantitative estimate of drug-likeness (QED) is 0.807. The molecule has 0 amide bonds. The second-order valence-corrected chi connectivity index (χ2v) is 4.68. The van der Waals surface area contributed by atoms with Crippen LogP contribution in [0.2, 0.25) is 0 Å². The molecular formula is C13H15N3O2. The number of aromatic amines is 1. The monoisotopic (exact) mass is 245 g/mol. The van der Waals surface area contributed by atoms with Crippen molar-refractivity contribution in [3.63, 3.8) is 0 Å². The van der Waals surface area contributed by atoms with Crippen LogP contribution in [0.3, 0.4) is 0 Å². The standard InChI is InChI=1S/C13H15N3O2/c17-12-10-5-1-2-6-11(10)15-13(18)16(12)8-9-4-3-7-14-9/h1-2,5-6,9,14H,3-4,7-8H2,(H,15,18). The van der Waals surface area contributed by atoms with Gasteiger partial charge < -0.3 is 10.3 Å². The molecule has 1 aromatic carbocycles. The molecular weight excluding hydrogens is 230 g/mol. The van der Waals surface area contributed by atoms with Gasteiger partial charge in [-0.05, 0) is 31.5 Å². The fraction of sp³-hybridized carbons (Fsp3) is 0.385. The summed E-state index contributed by atoms with van der Waals surface area (Å²) in [5, 5.41) is 3.86. The van der Waals surface area contributed by atoms with E-state index in [1.54, 1.807) is 24.3 Å². The lowest BCUT2D eigenvalue weighted by Gasteiger charge is -2.12. The van der Waals surface area contributed by atoms with Gasteiger partial charge in [0.15, 0.2) is 0 Å². The Hall–Kier alpha value is -1.88. The maximum absolute atomic E-state index is 12.3. The van der Waals surface area contributed by atoms with Gasteiger partial charge in [0, 0.05) is 12.6 Å². The molecule has 0 spiro atoms. The molecule has 5 nitrogen and oxygen atoms in total. The van der Waals surface area contributed by atoms with E-state index in [1.165, 1.54) is 4.57 Å². The number of para-hydroxylation sites is 1. The Labute approximate surface area is 103 Å². The van der Waals surface area contributed by atoms with Gasteiger partial charge in [-0.1, -0.05) is 12.1 Å². The molecule has 5 heteroatoms. The summed E-state index contributed by atoms with van der Waals surface area (Å²) in [5.41, 5.74) is 0.0681. The first-order valence-electron chi connectivity index (χ1n) is 6.21. The van der Waals surface area contributed by atoms with Gasteiger partial charge in [-0.15, -0.1) is 0 Å². The smallest absolute Gasteiger partial charge is 0.312 e. The molecule has 1 saturated heterocycles. The molecule has 2 N–H and O–H groups in total. The van der Waals surface area contributed by atoms with E-state index in [4.69, 9.17) is 0 Å². The Balaban J connectivity index is 2.11. The van der Waals surface area contributed by atoms with Crippen molar-refractivity contribution < 1.29 is 0 Å². The van der Waals surface area contributed by atoms with Gasteiger partial charge in [-0.3, -0.25) is 9.36 Å². The average Bonchev–Trinajstić information content (AvgIpc) is 2.87. The SMILES string of the molecule is O=c1[nH]c2ccccc2c(=O)n1CC1CCCN1. The third kappa shape index (κ3) is 1.86. The molecule has 1 unspecified atom stereocenters. The number of aromatic nitrogens is 2. The molecule has 1 atom stereocenters. The van der Waals surface area contributed by atoms with Crippen LogP contribution in [0.5, 0.6) is 0 Å². The summed E-state index contributed by atoms with van der Waals surface area (Å²) in [6.45, 7) is 1.41. The van der Waals surface area contributed by atoms with E-state index in [-0.39, 0.29) is 17.3 Å². The van der Waals surface area contributed by atoms with Crippen molar-refractivity contribution in [3.05, 3.63) is 45.1 Å². The molecule has 0 bridgehead atoms. The number of fused-ring (bicyclic) bond motifs is 1. The molecule has 0 radical (unpaired) electrons. The van der Waals surface area contributed by atoms with E-state index in [2.05, 4.69) is 10.3 Å². The van der Waals surface area contributed by atoms with Gasteiger partial charge in [0.1, 0.15) is 0 Å². The molecule has 1 aliphatic rings. The van der Waals surface area contributed by atoms with Crippen molar-refractivity contribution in [2.24, 2.45) is 0 Å². The van der Waals surface area contributed by atoms with Gasteiger partial charge in [0.2, 0.25) is 0 Å². The summed E-state index contributed by atoms with van der Waals surface area (Å²) in [6.07, 6.45) is 2.11. The second kappa shape index (κ2) is 4.42. The molecule has 2 aromatic rings. The van der Waals surface area contributed by atoms with Crippen molar-refractivity contribution in [3.8, 4) is 0 Å². The zero-order chi connectivity index (χ0) is 12.5. The summed E-state index contributed by atoms with van der Waals surface area (Å²) in [5.74, 6) is 0. The van der Waals surface area contributed by atoms with Crippen molar-refractivity contribution in [2.75, 3.05) is 6.54 Å². The zero-order valence-electron chi connectivity index (χ0n) is 9.98. The second-order valence-electron chi connectivity index (χ2n) is 4.68. The summed E-state index contributed by atoms with van der Waals surface area (Å²) in [6, 6.07) is 7.33. The van der Waals surface area contributed by atoms with E-state index in [0.717, 1.165) is 19.4 Å². The average molecular weight is 245 g/mol. The summed E-state index contributed by atoms with van der Waals surface area (Å²) in [7, 11) is 0. The Bertz CT molecular complexity index is 680. The van der Waals surface area contributed by atoms with Crippen LogP contribution in [0, 0.1) is 0 Å². The lowest BCUT2D eigenvalue weighted by Crippen LogP contribution is -2.40. The Morgan fingerprint density at radius 2 is 2.11 bits per heavy atom. The minimum Gasteiger partial charge on any atom is -0.312 e. The van der Waals surface area contributed by atoms with Crippen LogP contribution in [0.4, 0.5) is 0 Å². The Morgan fingerprint density at radius 3 is 2.89 bits per heavy atom. The number of benzene rings is 1. The first-order valence-corrected chi connectivity index (χ1v) is 6.21. The molecule has 18 heavy (non-hydrogen) atoms. The molecule has 2 heterocycles. The van der Waals surface area contributed by atoms with Crippen LogP contribution in [0.25, 0.3) is 10.9 Å². The zero-order valence-corrected chi connectivity index (χ0v) is 9.98. The van der Waals surface area contributed by atoms with Crippen LogP contribution in [-0.2, 0) is 6.54 Å². The van der Waals surface area contributed by atoms with E-state index < -0.39 is 0 Å².